The van der Waals surface area contributed by atoms with Gasteiger partial charge in [-0.05, 0) is 24.6 Å². The molecule has 0 aliphatic carbocycles. The molecule has 0 saturated heterocycles. The third-order valence-corrected chi connectivity index (χ3v) is 3.50. The minimum atomic E-state index is -0.320. The monoisotopic (exact) mass is 285 g/mol. The molecule has 3 nitrogen and oxygen atoms in total. The highest BCUT2D eigenvalue weighted by atomic mass is 19.1. The van der Waals surface area contributed by atoms with Crippen molar-refractivity contribution in [1.82, 2.24) is 0 Å². The maximum atomic E-state index is 13.3. The van der Waals surface area contributed by atoms with Crippen LogP contribution in [0.4, 0.5) is 4.39 Å². The van der Waals surface area contributed by atoms with Gasteiger partial charge in [0.1, 0.15) is 29.5 Å². The lowest BCUT2D eigenvalue weighted by Gasteiger charge is -2.08. The summed E-state index contributed by atoms with van der Waals surface area (Å²) in [6.45, 7) is 2.47. The molecule has 0 unspecified atom stereocenters. The normalized spacial score (nSPS) is 11.0. The van der Waals surface area contributed by atoms with Crippen molar-refractivity contribution in [2.24, 2.45) is 5.73 Å². The van der Waals surface area contributed by atoms with Crippen LogP contribution in [0.3, 0.4) is 0 Å². The molecule has 0 atom stereocenters. The van der Waals surface area contributed by atoms with Crippen LogP contribution in [0.15, 0.2) is 46.9 Å². The van der Waals surface area contributed by atoms with Gasteiger partial charge < -0.3 is 14.9 Å². The first kappa shape index (κ1) is 13.6. The van der Waals surface area contributed by atoms with E-state index in [0.29, 0.717) is 18.1 Å². The van der Waals surface area contributed by atoms with Gasteiger partial charge in [-0.25, -0.2) is 4.39 Å². The molecule has 2 aromatic carbocycles. The van der Waals surface area contributed by atoms with Crippen molar-refractivity contribution in [3.05, 3.63) is 65.2 Å². The molecule has 1 aromatic heterocycles. The van der Waals surface area contributed by atoms with E-state index in [2.05, 4.69) is 0 Å². The predicted molar refractivity (Wildman–Crippen MR) is 79.6 cm³/mol. The zero-order valence-electron chi connectivity index (χ0n) is 11.7. The minimum Gasteiger partial charge on any atom is -0.485 e. The summed E-state index contributed by atoms with van der Waals surface area (Å²) in [6, 6.07) is 12.2. The molecule has 0 bridgehead atoms. The van der Waals surface area contributed by atoms with E-state index in [-0.39, 0.29) is 12.4 Å². The summed E-state index contributed by atoms with van der Waals surface area (Å²) in [4.78, 5) is 0. The van der Waals surface area contributed by atoms with Crippen LogP contribution in [0, 0.1) is 12.7 Å². The molecule has 108 valence electrons. The highest BCUT2D eigenvalue weighted by Gasteiger charge is 2.13. The molecule has 0 aliphatic rings. The van der Waals surface area contributed by atoms with Gasteiger partial charge in [0.2, 0.25) is 0 Å². The van der Waals surface area contributed by atoms with Crippen molar-refractivity contribution in [1.29, 1.82) is 0 Å². The van der Waals surface area contributed by atoms with Gasteiger partial charge in [0.15, 0.2) is 0 Å². The molecule has 0 fully saturated rings. The molecule has 0 amide bonds. The first-order valence-corrected chi connectivity index (χ1v) is 6.77. The second-order valence-electron chi connectivity index (χ2n) is 4.90. The summed E-state index contributed by atoms with van der Waals surface area (Å²) < 4.78 is 24.7. The SMILES string of the molecule is Cc1ccc(F)cc1OCc1oc2ccccc2c1CN. The lowest BCUT2D eigenvalue weighted by atomic mass is 10.1. The molecule has 21 heavy (non-hydrogen) atoms. The van der Waals surface area contributed by atoms with Crippen molar-refractivity contribution in [2.75, 3.05) is 0 Å². The summed E-state index contributed by atoms with van der Waals surface area (Å²) in [5, 5.41) is 0.995. The summed E-state index contributed by atoms with van der Waals surface area (Å²) in [7, 11) is 0. The topological polar surface area (TPSA) is 48.4 Å². The van der Waals surface area contributed by atoms with Crippen LogP contribution in [-0.2, 0) is 13.2 Å². The second-order valence-corrected chi connectivity index (χ2v) is 4.90. The highest BCUT2D eigenvalue weighted by molar-refractivity contribution is 5.82. The van der Waals surface area contributed by atoms with E-state index in [4.69, 9.17) is 14.9 Å². The minimum absolute atomic E-state index is 0.228. The molecular formula is C17H16FNO2. The van der Waals surface area contributed by atoms with Gasteiger partial charge in [0, 0.05) is 23.6 Å². The molecule has 0 saturated carbocycles. The lowest BCUT2D eigenvalue weighted by Crippen LogP contribution is -2.03. The fourth-order valence-electron chi connectivity index (χ4n) is 2.36. The number of fused-ring (bicyclic) bond motifs is 1. The molecule has 1 heterocycles. The van der Waals surface area contributed by atoms with Gasteiger partial charge in [-0.2, -0.15) is 0 Å². The molecular weight excluding hydrogens is 269 g/mol. The van der Waals surface area contributed by atoms with E-state index < -0.39 is 0 Å². The number of para-hydroxylation sites is 1. The number of halogens is 1. The van der Waals surface area contributed by atoms with E-state index in [1.807, 2.05) is 31.2 Å². The zero-order chi connectivity index (χ0) is 14.8. The summed E-state index contributed by atoms with van der Waals surface area (Å²) >= 11 is 0. The van der Waals surface area contributed by atoms with E-state index in [9.17, 15) is 4.39 Å². The fourth-order valence-corrected chi connectivity index (χ4v) is 2.36. The zero-order valence-corrected chi connectivity index (χ0v) is 11.7. The molecule has 3 aromatic rings. The molecule has 2 N–H and O–H groups in total. The number of nitrogens with two attached hydrogens (primary N) is 1. The Bertz CT molecular complexity index is 780. The second kappa shape index (κ2) is 5.58. The van der Waals surface area contributed by atoms with E-state index >= 15 is 0 Å². The standard InChI is InChI=1S/C17H16FNO2/c1-11-6-7-12(18)8-16(11)20-10-17-14(9-19)13-4-2-3-5-15(13)21-17/h2-8H,9-10,19H2,1H3. The number of ether oxygens (including phenoxy) is 1. The Morgan fingerprint density at radius 1 is 1.19 bits per heavy atom. The Morgan fingerprint density at radius 3 is 2.81 bits per heavy atom. The average molecular weight is 285 g/mol. The van der Waals surface area contributed by atoms with Gasteiger partial charge in [0.05, 0.1) is 0 Å². The summed E-state index contributed by atoms with van der Waals surface area (Å²) in [5.41, 5.74) is 8.40. The Balaban J connectivity index is 1.89. The van der Waals surface area contributed by atoms with Crippen molar-refractivity contribution >= 4 is 11.0 Å². The predicted octanol–water partition coefficient (Wildman–Crippen LogP) is 3.92. The molecule has 4 heteroatoms. The molecule has 3 rings (SSSR count). The third kappa shape index (κ3) is 2.62. The van der Waals surface area contributed by atoms with Crippen molar-refractivity contribution in [3.8, 4) is 5.75 Å². The Morgan fingerprint density at radius 2 is 2.00 bits per heavy atom. The fraction of sp³-hybridized carbons (Fsp3) is 0.176. The van der Waals surface area contributed by atoms with Gasteiger partial charge in [-0.1, -0.05) is 24.3 Å². The summed E-state index contributed by atoms with van der Waals surface area (Å²) in [6.07, 6.45) is 0. The number of aryl methyl sites for hydroxylation is 1. The first-order chi connectivity index (χ1) is 10.2. The van der Waals surface area contributed by atoms with Gasteiger partial charge >= 0.3 is 0 Å². The Hall–Kier alpha value is -2.33. The van der Waals surface area contributed by atoms with Crippen molar-refractivity contribution in [3.63, 3.8) is 0 Å². The van der Waals surface area contributed by atoms with Gasteiger partial charge in [-0.3, -0.25) is 0 Å². The number of furan rings is 1. The third-order valence-electron chi connectivity index (χ3n) is 3.50. The summed E-state index contributed by atoms with van der Waals surface area (Å²) in [5.74, 6) is 0.875. The van der Waals surface area contributed by atoms with Crippen LogP contribution >= 0.6 is 0 Å². The van der Waals surface area contributed by atoms with E-state index in [1.54, 1.807) is 6.07 Å². The number of benzene rings is 2. The maximum absolute atomic E-state index is 13.3. The van der Waals surface area contributed by atoms with E-state index in [0.717, 1.165) is 22.1 Å². The van der Waals surface area contributed by atoms with Gasteiger partial charge in [-0.15, -0.1) is 0 Å². The number of rotatable bonds is 4. The maximum Gasteiger partial charge on any atom is 0.147 e. The Kier molecular flexibility index (Phi) is 3.62. The molecule has 0 aliphatic heterocycles. The molecule has 0 spiro atoms. The molecule has 0 radical (unpaired) electrons. The van der Waals surface area contributed by atoms with Crippen molar-refractivity contribution in [2.45, 2.75) is 20.1 Å². The van der Waals surface area contributed by atoms with Crippen molar-refractivity contribution < 1.29 is 13.5 Å². The van der Waals surface area contributed by atoms with Gasteiger partial charge in [0.25, 0.3) is 0 Å². The number of hydrogen-bond acceptors (Lipinski definition) is 3. The van der Waals surface area contributed by atoms with Crippen LogP contribution < -0.4 is 10.5 Å². The smallest absolute Gasteiger partial charge is 0.147 e. The van der Waals surface area contributed by atoms with Crippen LogP contribution in [-0.4, -0.2) is 0 Å². The first-order valence-electron chi connectivity index (χ1n) is 6.77. The van der Waals surface area contributed by atoms with Crippen LogP contribution in [0.5, 0.6) is 5.75 Å². The largest absolute Gasteiger partial charge is 0.485 e. The number of hydrogen-bond donors (Lipinski definition) is 1. The highest BCUT2D eigenvalue weighted by Crippen LogP contribution is 2.27. The van der Waals surface area contributed by atoms with Crippen LogP contribution in [0.2, 0.25) is 0 Å². The average Bonchev–Trinajstić information content (AvgIpc) is 2.85. The van der Waals surface area contributed by atoms with E-state index in [1.165, 1.54) is 12.1 Å². The Labute approximate surface area is 122 Å². The van der Waals surface area contributed by atoms with Crippen LogP contribution in [0.1, 0.15) is 16.9 Å². The van der Waals surface area contributed by atoms with Crippen LogP contribution in [0.25, 0.3) is 11.0 Å². The lowest BCUT2D eigenvalue weighted by molar-refractivity contribution is 0.270. The quantitative estimate of drug-likeness (QED) is 0.790.